The average Bonchev–Trinajstić information content (AvgIpc) is 3.32. The lowest BCUT2D eigenvalue weighted by Gasteiger charge is -2.35. The molecule has 4 aromatic heterocycles. The van der Waals surface area contributed by atoms with E-state index in [9.17, 15) is 0 Å². The summed E-state index contributed by atoms with van der Waals surface area (Å²) in [6.45, 7) is 5.09. The zero-order valence-electron chi connectivity index (χ0n) is 13.9. The van der Waals surface area contributed by atoms with E-state index in [0.717, 1.165) is 44.2 Å². The number of piperazine rings is 1. The molecule has 0 radical (unpaired) electrons. The van der Waals surface area contributed by atoms with Crippen molar-refractivity contribution >= 4 is 32.9 Å². The Hall–Kier alpha value is -2.44. The van der Waals surface area contributed by atoms with Crippen molar-refractivity contribution in [3.05, 3.63) is 60.0 Å². The Kier molecular flexibility index (Phi) is 3.64. The van der Waals surface area contributed by atoms with Crippen LogP contribution < -0.4 is 4.90 Å². The molecule has 0 N–H and O–H groups in total. The van der Waals surface area contributed by atoms with Crippen LogP contribution in [0.3, 0.4) is 0 Å². The molecule has 6 heteroatoms. The fraction of sp³-hybridized carbons (Fsp3) is 0.263. The zero-order valence-corrected chi connectivity index (χ0v) is 14.7. The fourth-order valence-electron chi connectivity index (χ4n) is 3.61. The van der Waals surface area contributed by atoms with E-state index in [2.05, 4.69) is 59.9 Å². The third-order valence-electron chi connectivity index (χ3n) is 4.93. The highest BCUT2D eigenvalue weighted by atomic mass is 32.1. The van der Waals surface area contributed by atoms with Crippen LogP contribution in [0.2, 0.25) is 0 Å². The lowest BCUT2D eigenvalue weighted by molar-refractivity contribution is 0.246. The van der Waals surface area contributed by atoms with Gasteiger partial charge in [0, 0.05) is 67.1 Å². The van der Waals surface area contributed by atoms with Crippen LogP contribution in [0.25, 0.3) is 15.7 Å². The molecule has 1 aliphatic heterocycles. The van der Waals surface area contributed by atoms with Gasteiger partial charge in [0.05, 0.1) is 0 Å². The third-order valence-corrected chi connectivity index (χ3v) is 5.81. The van der Waals surface area contributed by atoms with E-state index in [4.69, 9.17) is 0 Å². The van der Waals surface area contributed by atoms with Gasteiger partial charge in [0.25, 0.3) is 0 Å². The molecular formula is C19H19N5S. The van der Waals surface area contributed by atoms with E-state index in [0.29, 0.717) is 0 Å². The SMILES string of the molecule is c1cc(CN2CCN(c3nccc4sccc34)CC2)n2ccnc2c1. The molecule has 0 saturated carbocycles. The Morgan fingerprint density at radius 2 is 1.88 bits per heavy atom. The molecule has 0 unspecified atom stereocenters. The van der Waals surface area contributed by atoms with Gasteiger partial charge in [-0.2, -0.15) is 0 Å². The first-order chi connectivity index (χ1) is 12.4. The van der Waals surface area contributed by atoms with E-state index in [1.807, 2.05) is 18.6 Å². The van der Waals surface area contributed by atoms with Gasteiger partial charge >= 0.3 is 0 Å². The van der Waals surface area contributed by atoms with Crippen molar-refractivity contribution in [1.29, 1.82) is 0 Å². The highest BCUT2D eigenvalue weighted by Gasteiger charge is 2.20. The van der Waals surface area contributed by atoms with Gasteiger partial charge in [-0.25, -0.2) is 9.97 Å². The molecule has 126 valence electrons. The second kappa shape index (κ2) is 6.13. The van der Waals surface area contributed by atoms with Crippen LogP contribution in [0.15, 0.2) is 54.3 Å². The molecule has 5 nitrogen and oxygen atoms in total. The molecule has 0 amide bonds. The molecule has 4 aromatic rings. The van der Waals surface area contributed by atoms with Crippen molar-refractivity contribution in [1.82, 2.24) is 19.3 Å². The summed E-state index contributed by atoms with van der Waals surface area (Å²) in [7, 11) is 0. The first-order valence-electron chi connectivity index (χ1n) is 8.59. The first kappa shape index (κ1) is 14.9. The Labute approximate surface area is 150 Å². The van der Waals surface area contributed by atoms with Gasteiger partial charge in [-0.05, 0) is 29.6 Å². The first-order valence-corrected chi connectivity index (χ1v) is 9.47. The minimum atomic E-state index is 0.956. The Bertz CT molecular complexity index is 1010. The molecule has 0 aromatic carbocycles. The number of nitrogens with zero attached hydrogens (tertiary/aromatic N) is 5. The maximum absolute atomic E-state index is 4.65. The summed E-state index contributed by atoms with van der Waals surface area (Å²) >= 11 is 1.78. The van der Waals surface area contributed by atoms with Gasteiger partial charge in [-0.1, -0.05) is 6.07 Å². The third kappa shape index (κ3) is 2.67. The van der Waals surface area contributed by atoms with E-state index in [-0.39, 0.29) is 0 Å². The lowest BCUT2D eigenvalue weighted by Crippen LogP contribution is -2.46. The van der Waals surface area contributed by atoms with Crippen molar-refractivity contribution in [2.75, 3.05) is 31.1 Å². The highest BCUT2D eigenvalue weighted by molar-refractivity contribution is 7.17. The highest BCUT2D eigenvalue weighted by Crippen LogP contribution is 2.29. The Morgan fingerprint density at radius 1 is 0.960 bits per heavy atom. The summed E-state index contributed by atoms with van der Waals surface area (Å²) in [5.74, 6) is 1.13. The van der Waals surface area contributed by atoms with Crippen LogP contribution >= 0.6 is 11.3 Å². The second-order valence-electron chi connectivity index (χ2n) is 6.40. The van der Waals surface area contributed by atoms with Gasteiger partial charge in [-0.3, -0.25) is 4.90 Å². The number of imidazole rings is 1. The summed E-state index contributed by atoms with van der Waals surface area (Å²) in [4.78, 5) is 14.0. The molecule has 1 saturated heterocycles. The summed E-state index contributed by atoms with van der Waals surface area (Å²) in [5, 5.41) is 3.43. The molecular weight excluding hydrogens is 330 g/mol. The minimum Gasteiger partial charge on any atom is -0.354 e. The second-order valence-corrected chi connectivity index (χ2v) is 7.35. The molecule has 1 aliphatic rings. The number of fused-ring (bicyclic) bond motifs is 2. The van der Waals surface area contributed by atoms with Gasteiger partial charge in [0.15, 0.2) is 0 Å². The van der Waals surface area contributed by atoms with Crippen LogP contribution in [-0.4, -0.2) is 45.4 Å². The summed E-state index contributed by atoms with van der Waals surface area (Å²) < 4.78 is 3.50. The summed E-state index contributed by atoms with van der Waals surface area (Å²) in [6, 6.07) is 10.6. The van der Waals surface area contributed by atoms with Gasteiger partial charge in [-0.15, -0.1) is 11.3 Å². The smallest absolute Gasteiger partial charge is 0.137 e. The summed E-state index contributed by atoms with van der Waals surface area (Å²) in [5.41, 5.74) is 2.31. The number of rotatable bonds is 3. The van der Waals surface area contributed by atoms with Crippen LogP contribution in [0.4, 0.5) is 5.82 Å². The Morgan fingerprint density at radius 3 is 2.80 bits per heavy atom. The van der Waals surface area contributed by atoms with E-state index in [1.165, 1.54) is 15.8 Å². The molecule has 0 spiro atoms. The topological polar surface area (TPSA) is 36.7 Å². The lowest BCUT2D eigenvalue weighted by atomic mass is 10.2. The normalized spacial score (nSPS) is 16.1. The number of anilines is 1. The predicted molar refractivity (Wildman–Crippen MR) is 102 cm³/mol. The van der Waals surface area contributed by atoms with E-state index in [1.54, 1.807) is 11.3 Å². The quantitative estimate of drug-likeness (QED) is 0.569. The molecule has 1 fully saturated rings. The maximum atomic E-state index is 4.65. The predicted octanol–water partition coefficient (Wildman–Crippen LogP) is 3.27. The van der Waals surface area contributed by atoms with Crippen LogP contribution in [-0.2, 0) is 6.54 Å². The molecule has 0 atom stereocenters. The van der Waals surface area contributed by atoms with Crippen molar-refractivity contribution in [3.8, 4) is 0 Å². The fourth-order valence-corrected chi connectivity index (χ4v) is 4.39. The van der Waals surface area contributed by atoms with Crippen molar-refractivity contribution in [3.63, 3.8) is 0 Å². The van der Waals surface area contributed by atoms with Gasteiger partial charge in [0.2, 0.25) is 0 Å². The largest absolute Gasteiger partial charge is 0.354 e. The number of aromatic nitrogens is 3. The maximum Gasteiger partial charge on any atom is 0.137 e. The molecule has 5 heterocycles. The molecule has 25 heavy (non-hydrogen) atoms. The van der Waals surface area contributed by atoms with E-state index < -0.39 is 0 Å². The van der Waals surface area contributed by atoms with Gasteiger partial charge < -0.3 is 9.30 Å². The Balaban J connectivity index is 1.31. The minimum absolute atomic E-state index is 0.956. The molecule has 5 rings (SSSR count). The van der Waals surface area contributed by atoms with E-state index >= 15 is 0 Å². The number of hydrogen-bond acceptors (Lipinski definition) is 5. The van der Waals surface area contributed by atoms with Gasteiger partial charge in [0.1, 0.15) is 11.5 Å². The molecule has 0 aliphatic carbocycles. The molecule has 0 bridgehead atoms. The summed E-state index contributed by atoms with van der Waals surface area (Å²) in [6.07, 6.45) is 5.84. The van der Waals surface area contributed by atoms with Crippen molar-refractivity contribution < 1.29 is 0 Å². The number of pyridine rings is 2. The van der Waals surface area contributed by atoms with Crippen LogP contribution in [0.5, 0.6) is 0 Å². The zero-order chi connectivity index (χ0) is 16.6. The monoisotopic (exact) mass is 349 g/mol. The van der Waals surface area contributed by atoms with Crippen molar-refractivity contribution in [2.24, 2.45) is 0 Å². The number of thiophene rings is 1. The standard InChI is InChI=1S/C19H19N5S/c1-2-15(24-8-7-20-18(24)3-1)14-22-9-11-23(12-10-22)19-16-5-13-25-17(16)4-6-21-19/h1-8,13H,9-12,14H2. The van der Waals surface area contributed by atoms with Crippen LogP contribution in [0.1, 0.15) is 5.69 Å². The average molecular weight is 349 g/mol. The number of hydrogen-bond donors (Lipinski definition) is 0. The van der Waals surface area contributed by atoms with Crippen LogP contribution in [0, 0.1) is 0 Å². The van der Waals surface area contributed by atoms with Crippen molar-refractivity contribution in [2.45, 2.75) is 6.54 Å².